The molecule has 19 heavy (non-hydrogen) atoms. The molecule has 1 atom stereocenters. The fourth-order valence-corrected chi connectivity index (χ4v) is 2.45. The summed E-state index contributed by atoms with van der Waals surface area (Å²) in [5, 5.41) is 13.4. The highest BCUT2D eigenvalue weighted by Gasteiger charge is 2.28. The van der Waals surface area contributed by atoms with Crippen LogP contribution in [0.15, 0.2) is 0 Å². The van der Waals surface area contributed by atoms with Crippen molar-refractivity contribution in [2.75, 3.05) is 0 Å². The van der Waals surface area contributed by atoms with Gasteiger partial charge in [-0.3, -0.25) is 14.9 Å². The zero-order chi connectivity index (χ0) is 14.5. The van der Waals surface area contributed by atoms with E-state index in [1.807, 2.05) is 0 Å². The number of aliphatic carboxylic acids is 1. The fourth-order valence-electron chi connectivity index (χ4n) is 2.45. The van der Waals surface area contributed by atoms with Gasteiger partial charge in [0.2, 0.25) is 5.91 Å². The van der Waals surface area contributed by atoms with E-state index in [4.69, 9.17) is 5.11 Å². The first-order valence-electron chi connectivity index (χ1n) is 6.61. The smallest absolute Gasteiger partial charge is 0.321 e. The predicted molar refractivity (Wildman–Crippen MR) is 69.6 cm³/mol. The second-order valence-electron chi connectivity index (χ2n) is 5.87. The number of nitrogens with one attached hydrogen (secondary N) is 2. The van der Waals surface area contributed by atoms with Crippen LogP contribution in [0, 0.1) is 5.41 Å². The van der Waals surface area contributed by atoms with Gasteiger partial charge in [0, 0.05) is 12.5 Å². The summed E-state index contributed by atoms with van der Waals surface area (Å²) < 4.78 is 0. The van der Waals surface area contributed by atoms with Crippen molar-refractivity contribution in [1.82, 2.24) is 10.6 Å². The molecule has 1 fully saturated rings. The van der Waals surface area contributed by atoms with E-state index in [9.17, 15) is 14.4 Å². The van der Waals surface area contributed by atoms with Gasteiger partial charge in [-0.25, -0.2) is 4.79 Å². The highest BCUT2D eigenvalue weighted by atomic mass is 16.4. The molecule has 1 unspecified atom stereocenters. The van der Waals surface area contributed by atoms with Crippen LogP contribution < -0.4 is 10.6 Å². The van der Waals surface area contributed by atoms with Crippen LogP contribution >= 0.6 is 0 Å². The third-order valence-corrected chi connectivity index (χ3v) is 3.36. The van der Waals surface area contributed by atoms with E-state index in [1.165, 1.54) is 0 Å². The minimum Gasteiger partial charge on any atom is -0.481 e. The van der Waals surface area contributed by atoms with Gasteiger partial charge in [-0.1, -0.05) is 20.3 Å². The molecule has 3 amide bonds. The Balaban J connectivity index is 2.30. The van der Waals surface area contributed by atoms with Crippen molar-refractivity contribution in [2.45, 2.75) is 58.4 Å². The van der Waals surface area contributed by atoms with Crippen LogP contribution in [0.1, 0.15) is 52.4 Å². The summed E-state index contributed by atoms with van der Waals surface area (Å²) in [5.41, 5.74) is 0.212. The number of imide groups is 1. The molecule has 0 radical (unpaired) electrons. The summed E-state index contributed by atoms with van der Waals surface area (Å²) in [5.74, 6) is -1.61. The van der Waals surface area contributed by atoms with Gasteiger partial charge >= 0.3 is 12.0 Å². The van der Waals surface area contributed by atoms with E-state index >= 15 is 0 Å². The highest BCUT2D eigenvalue weighted by molar-refractivity contribution is 5.95. The molecule has 6 nitrogen and oxygen atoms in total. The normalized spacial score (nSPS) is 21.5. The number of amides is 3. The molecule has 0 saturated heterocycles. The molecule has 0 aromatic rings. The Morgan fingerprint density at radius 3 is 2.53 bits per heavy atom. The lowest BCUT2D eigenvalue weighted by Crippen LogP contribution is -2.47. The molecule has 1 rings (SSSR count). The maximum Gasteiger partial charge on any atom is 0.321 e. The van der Waals surface area contributed by atoms with Crippen LogP contribution in [0.5, 0.6) is 0 Å². The lowest BCUT2D eigenvalue weighted by atomic mass is 9.75. The number of urea groups is 1. The molecule has 0 aromatic carbocycles. The van der Waals surface area contributed by atoms with Crippen molar-refractivity contribution < 1.29 is 19.5 Å². The average molecular weight is 270 g/mol. The Bertz CT molecular complexity index is 366. The van der Waals surface area contributed by atoms with Crippen molar-refractivity contribution in [3.05, 3.63) is 0 Å². The Morgan fingerprint density at radius 2 is 1.95 bits per heavy atom. The Morgan fingerprint density at radius 1 is 1.26 bits per heavy atom. The van der Waals surface area contributed by atoms with Crippen molar-refractivity contribution >= 4 is 17.9 Å². The summed E-state index contributed by atoms with van der Waals surface area (Å²) >= 11 is 0. The van der Waals surface area contributed by atoms with E-state index in [0.29, 0.717) is 0 Å². The molecule has 0 aliphatic heterocycles. The van der Waals surface area contributed by atoms with Crippen LogP contribution in [-0.2, 0) is 9.59 Å². The lowest BCUT2D eigenvalue weighted by molar-refractivity contribution is -0.138. The quantitative estimate of drug-likeness (QED) is 0.723. The van der Waals surface area contributed by atoms with E-state index in [0.717, 1.165) is 25.7 Å². The summed E-state index contributed by atoms with van der Waals surface area (Å²) in [6.07, 6.45) is 3.56. The first-order chi connectivity index (χ1) is 8.78. The first kappa shape index (κ1) is 15.5. The van der Waals surface area contributed by atoms with Gasteiger partial charge in [0.1, 0.15) is 0 Å². The number of carbonyl (C=O) groups excluding carboxylic acids is 2. The van der Waals surface area contributed by atoms with Gasteiger partial charge in [0.15, 0.2) is 0 Å². The van der Waals surface area contributed by atoms with Crippen molar-refractivity contribution in [3.8, 4) is 0 Å². The monoisotopic (exact) mass is 270 g/mol. The van der Waals surface area contributed by atoms with E-state index in [2.05, 4.69) is 24.5 Å². The fraction of sp³-hybridized carbons (Fsp3) is 0.769. The molecule has 0 aromatic heterocycles. The van der Waals surface area contributed by atoms with Gasteiger partial charge in [-0.15, -0.1) is 0 Å². The van der Waals surface area contributed by atoms with Gasteiger partial charge in [0.25, 0.3) is 0 Å². The number of carboxylic acid groups (broad SMARTS) is 1. The molecule has 0 spiro atoms. The van der Waals surface area contributed by atoms with Crippen LogP contribution in [0.2, 0.25) is 0 Å². The molecule has 1 aliphatic carbocycles. The van der Waals surface area contributed by atoms with Gasteiger partial charge < -0.3 is 10.4 Å². The second-order valence-corrected chi connectivity index (χ2v) is 5.87. The Hall–Kier alpha value is -1.59. The summed E-state index contributed by atoms with van der Waals surface area (Å²) in [7, 11) is 0. The minimum atomic E-state index is -1.05. The summed E-state index contributed by atoms with van der Waals surface area (Å²) in [6, 6.07) is -0.450. The third-order valence-electron chi connectivity index (χ3n) is 3.36. The van der Waals surface area contributed by atoms with E-state index < -0.39 is 17.9 Å². The third kappa shape index (κ3) is 6.22. The SMILES string of the molecule is CC1(C)CCCC(NC(=O)NC(=O)CCC(=O)O)C1. The van der Waals surface area contributed by atoms with Crippen molar-refractivity contribution in [1.29, 1.82) is 0 Å². The summed E-state index contributed by atoms with van der Waals surface area (Å²) in [6.45, 7) is 4.33. The molecule has 0 bridgehead atoms. The van der Waals surface area contributed by atoms with Crippen molar-refractivity contribution in [2.24, 2.45) is 5.41 Å². The maximum absolute atomic E-state index is 11.6. The predicted octanol–water partition coefficient (Wildman–Crippen LogP) is 1.65. The highest BCUT2D eigenvalue weighted by Crippen LogP contribution is 2.34. The molecule has 1 saturated carbocycles. The first-order valence-corrected chi connectivity index (χ1v) is 6.61. The van der Waals surface area contributed by atoms with Crippen molar-refractivity contribution in [3.63, 3.8) is 0 Å². The molecular formula is C13H22N2O4. The molecule has 108 valence electrons. The van der Waals surface area contributed by atoms with Crippen LogP contribution in [0.3, 0.4) is 0 Å². The van der Waals surface area contributed by atoms with E-state index in [1.54, 1.807) is 0 Å². The molecule has 6 heteroatoms. The number of carboxylic acids is 1. The van der Waals surface area contributed by atoms with Gasteiger partial charge in [0.05, 0.1) is 6.42 Å². The molecular weight excluding hydrogens is 248 g/mol. The van der Waals surface area contributed by atoms with Crippen LogP contribution in [-0.4, -0.2) is 29.1 Å². The number of carbonyl (C=O) groups is 3. The lowest BCUT2D eigenvalue weighted by Gasteiger charge is -2.35. The summed E-state index contributed by atoms with van der Waals surface area (Å²) in [4.78, 5) is 33.2. The van der Waals surface area contributed by atoms with Gasteiger partial charge in [-0.05, 0) is 24.7 Å². The molecule has 0 heterocycles. The Labute approximate surface area is 112 Å². The number of hydrogen-bond donors (Lipinski definition) is 3. The minimum absolute atomic E-state index is 0.0797. The number of hydrogen-bond acceptors (Lipinski definition) is 3. The Kier molecular flexibility index (Phi) is 5.32. The standard InChI is InChI=1S/C13H22N2O4/c1-13(2)7-3-4-9(8-13)14-12(19)15-10(16)5-6-11(17)18/h9H,3-8H2,1-2H3,(H,17,18)(H2,14,15,16,19). The average Bonchev–Trinajstić information content (AvgIpc) is 2.24. The maximum atomic E-state index is 11.6. The molecule has 1 aliphatic rings. The zero-order valence-electron chi connectivity index (χ0n) is 11.5. The zero-order valence-corrected chi connectivity index (χ0v) is 11.5. The largest absolute Gasteiger partial charge is 0.481 e. The molecule has 3 N–H and O–H groups in total. The number of rotatable bonds is 4. The van der Waals surface area contributed by atoms with Crippen LogP contribution in [0.25, 0.3) is 0 Å². The van der Waals surface area contributed by atoms with Crippen LogP contribution in [0.4, 0.5) is 4.79 Å². The van der Waals surface area contributed by atoms with Gasteiger partial charge in [-0.2, -0.15) is 0 Å². The second kappa shape index (κ2) is 6.54. The topological polar surface area (TPSA) is 95.5 Å². The van der Waals surface area contributed by atoms with E-state index in [-0.39, 0.29) is 24.3 Å².